The quantitative estimate of drug-likeness (QED) is 0.479. The fourth-order valence-electron chi connectivity index (χ4n) is 2.26. The summed E-state index contributed by atoms with van der Waals surface area (Å²) < 4.78 is 9.85. The minimum absolute atomic E-state index is 0.0673. The molecule has 0 unspecified atom stereocenters. The van der Waals surface area contributed by atoms with Crippen molar-refractivity contribution in [3.8, 4) is 0 Å². The molecule has 0 aliphatic carbocycles. The van der Waals surface area contributed by atoms with Gasteiger partial charge in [0.05, 0.1) is 12.7 Å². The second-order valence-corrected chi connectivity index (χ2v) is 5.94. The largest absolute Gasteiger partial charge is 0.459 e. The predicted octanol–water partition coefficient (Wildman–Crippen LogP) is 2.56. The van der Waals surface area contributed by atoms with E-state index in [-0.39, 0.29) is 30.4 Å². The van der Waals surface area contributed by atoms with E-state index in [2.05, 4.69) is 10.6 Å². The number of benzene rings is 1. The lowest BCUT2D eigenvalue weighted by Crippen LogP contribution is -2.26. The lowest BCUT2D eigenvalue weighted by molar-refractivity contribution is -0.142. The molecule has 1 aromatic carbocycles. The summed E-state index contributed by atoms with van der Waals surface area (Å²) >= 11 is 0. The SMILES string of the molecule is CCCC(=O)Nc1ccc(C(=O)COC(=O)CCNC(=O)c2ccco2)cc1. The van der Waals surface area contributed by atoms with Crippen LogP contribution in [-0.4, -0.2) is 36.7 Å². The smallest absolute Gasteiger partial charge is 0.308 e. The van der Waals surface area contributed by atoms with Crippen LogP contribution >= 0.6 is 0 Å². The number of hydrogen-bond donors (Lipinski definition) is 2. The lowest BCUT2D eigenvalue weighted by atomic mass is 10.1. The maximum absolute atomic E-state index is 12.1. The van der Waals surface area contributed by atoms with Gasteiger partial charge in [-0.05, 0) is 42.8 Å². The van der Waals surface area contributed by atoms with E-state index in [1.165, 1.54) is 12.3 Å². The number of carbonyl (C=O) groups is 4. The number of ether oxygens (including phenoxy) is 1. The lowest BCUT2D eigenvalue weighted by Gasteiger charge is -2.07. The zero-order chi connectivity index (χ0) is 20.4. The topological polar surface area (TPSA) is 115 Å². The molecule has 2 aromatic rings. The standard InChI is InChI=1S/C20H22N2O6/c1-2-4-18(24)22-15-8-6-14(7-9-15)16(23)13-28-19(25)10-11-21-20(26)17-5-3-12-27-17/h3,5-9,12H,2,4,10-11,13H2,1H3,(H,21,26)(H,22,24). The van der Waals surface area contributed by atoms with E-state index in [0.717, 1.165) is 6.42 Å². The molecule has 0 radical (unpaired) electrons. The number of hydrogen-bond acceptors (Lipinski definition) is 6. The number of esters is 1. The Balaban J connectivity index is 1.70. The van der Waals surface area contributed by atoms with Crippen LogP contribution < -0.4 is 10.6 Å². The van der Waals surface area contributed by atoms with Crippen LogP contribution in [0.25, 0.3) is 0 Å². The van der Waals surface area contributed by atoms with E-state index in [1.54, 1.807) is 30.3 Å². The molecular weight excluding hydrogens is 364 g/mol. The molecule has 0 fully saturated rings. The number of amides is 2. The van der Waals surface area contributed by atoms with Crippen molar-refractivity contribution < 1.29 is 28.3 Å². The number of Topliss-reactive ketones (excluding diaryl/α,β-unsaturated/α-hetero) is 1. The van der Waals surface area contributed by atoms with Gasteiger partial charge in [-0.25, -0.2) is 0 Å². The third-order valence-electron chi connectivity index (χ3n) is 3.69. The Kier molecular flexibility index (Phi) is 7.95. The minimum Gasteiger partial charge on any atom is -0.459 e. The molecule has 0 saturated heterocycles. The van der Waals surface area contributed by atoms with Crippen LogP contribution in [0.1, 0.15) is 47.1 Å². The van der Waals surface area contributed by atoms with Gasteiger partial charge in [0.2, 0.25) is 5.91 Å². The molecule has 1 aromatic heterocycles. The van der Waals surface area contributed by atoms with Crippen molar-refractivity contribution in [2.45, 2.75) is 26.2 Å². The van der Waals surface area contributed by atoms with E-state index >= 15 is 0 Å². The van der Waals surface area contributed by atoms with Gasteiger partial charge in [-0.15, -0.1) is 0 Å². The van der Waals surface area contributed by atoms with Crippen LogP contribution in [0, 0.1) is 0 Å². The number of carbonyl (C=O) groups excluding carboxylic acids is 4. The number of rotatable bonds is 10. The maximum atomic E-state index is 12.1. The van der Waals surface area contributed by atoms with Crippen LogP contribution in [0.5, 0.6) is 0 Å². The van der Waals surface area contributed by atoms with Gasteiger partial charge in [0.15, 0.2) is 18.2 Å². The normalized spacial score (nSPS) is 10.2. The third kappa shape index (κ3) is 6.71. The Morgan fingerprint density at radius 2 is 1.79 bits per heavy atom. The van der Waals surface area contributed by atoms with E-state index in [4.69, 9.17) is 9.15 Å². The van der Waals surface area contributed by atoms with Gasteiger partial charge in [0.25, 0.3) is 5.91 Å². The first-order valence-corrected chi connectivity index (χ1v) is 8.90. The summed E-state index contributed by atoms with van der Waals surface area (Å²) in [6.45, 7) is 1.58. The Hall–Kier alpha value is -3.42. The van der Waals surface area contributed by atoms with E-state index in [9.17, 15) is 19.2 Å². The van der Waals surface area contributed by atoms with Crippen molar-refractivity contribution in [2.24, 2.45) is 0 Å². The van der Waals surface area contributed by atoms with Crippen molar-refractivity contribution in [1.82, 2.24) is 5.32 Å². The molecule has 1 heterocycles. The highest BCUT2D eigenvalue weighted by molar-refractivity contribution is 5.99. The van der Waals surface area contributed by atoms with Gasteiger partial charge < -0.3 is 19.8 Å². The van der Waals surface area contributed by atoms with Gasteiger partial charge in [0, 0.05) is 24.2 Å². The summed E-state index contributed by atoms with van der Waals surface area (Å²) in [5.41, 5.74) is 0.965. The molecule has 2 rings (SSSR count). The first-order valence-electron chi connectivity index (χ1n) is 8.90. The second kappa shape index (κ2) is 10.7. The van der Waals surface area contributed by atoms with E-state index in [1.807, 2.05) is 6.92 Å². The molecule has 8 heteroatoms. The molecule has 0 aliphatic heterocycles. The zero-order valence-corrected chi connectivity index (χ0v) is 15.5. The average molecular weight is 386 g/mol. The molecule has 0 saturated carbocycles. The highest BCUT2D eigenvalue weighted by Gasteiger charge is 2.12. The highest BCUT2D eigenvalue weighted by Crippen LogP contribution is 2.11. The monoisotopic (exact) mass is 386 g/mol. The Morgan fingerprint density at radius 3 is 2.43 bits per heavy atom. The minimum atomic E-state index is -0.600. The molecule has 0 bridgehead atoms. The summed E-state index contributed by atoms with van der Waals surface area (Å²) in [5, 5.41) is 5.24. The van der Waals surface area contributed by atoms with Crippen molar-refractivity contribution in [1.29, 1.82) is 0 Å². The van der Waals surface area contributed by atoms with Gasteiger partial charge in [-0.1, -0.05) is 6.92 Å². The van der Waals surface area contributed by atoms with E-state index < -0.39 is 18.5 Å². The molecule has 148 valence electrons. The van der Waals surface area contributed by atoms with Gasteiger partial charge in [-0.3, -0.25) is 19.2 Å². The molecule has 0 spiro atoms. The van der Waals surface area contributed by atoms with E-state index in [0.29, 0.717) is 17.7 Å². The summed E-state index contributed by atoms with van der Waals surface area (Å²) in [5.74, 6) is -1.33. The molecule has 2 N–H and O–H groups in total. The van der Waals surface area contributed by atoms with Crippen molar-refractivity contribution in [3.05, 3.63) is 54.0 Å². The Labute approximate surface area is 162 Å². The molecule has 2 amide bonds. The van der Waals surface area contributed by atoms with Crippen LogP contribution in [0.15, 0.2) is 47.1 Å². The Morgan fingerprint density at radius 1 is 1.04 bits per heavy atom. The maximum Gasteiger partial charge on any atom is 0.308 e. The number of ketones is 1. The first kappa shape index (κ1) is 20.9. The van der Waals surface area contributed by atoms with Gasteiger partial charge in [0.1, 0.15) is 0 Å². The number of anilines is 1. The first-order chi connectivity index (χ1) is 13.5. The fraction of sp³-hybridized carbons (Fsp3) is 0.300. The molecule has 28 heavy (non-hydrogen) atoms. The molecule has 0 aliphatic rings. The summed E-state index contributed by atoms with van der Waals surface area (Å²) in [7, 11) is 0. The average Bonchev–Trinajstić information content (AvgIpc) is 3.22. The molecular formula is C20H22N2O6. The highest BCUT2D eigenvalue weighted by atomic mass is 16.5. The van der Waals surface area contributed by atoms with Crippen LogP contribution in [0.2, 0.25) is 0 Å². The molecule has 0 atom stereocenters. The summed E-state index contributed by atoms with van der Waals surface area (Å²) in [6, 6.07) is 9.44. The number of furan rings is 1. The zero-order valence-electron chi connectivity index (χ0n) is 15.5. The van der Waals surface area contributed by atoms with Crippen LogP contribution in [-0.2, 0) is 14.3 Å². The third-order valence-corrected chi connectivity index (χ3v) is 3.69. The molecule has 8 nitrogen and oxygen atoms in total. The van der Waals surface area contributed by atoms with Crippen molar-refractivity contribution >= 4 is 29.3 Å². The van der Waals surface area contributed by atoms with Crippen LogP contribution in [0.4, 0.5) is 5.69 Å². The number of nitrogens with one attached hydrogen (secondary N) is 2. The second-order valence-electron chi connectivity index (χ2n) is 5.94. The predicted molar refractivity (Wildman–Crippen MR) is 101 cm³/mol. The van der Waals surface area contributed by atoms with Gasteiger partial charge >= 0.3 is 5.97 Å². The summed E-state index contributed by atoms with van der Waals surface area (Å²) in [6.07, 6.45) is 2.49. The Bertz CT molecular complexity index is 812. The fourth-order valence-corrected chi connectivity index (χ4v) is 2.26. The summed E-state index contributed by atoms with van der Waals surface area (Å²) in [4.78, 5) is 46.9. The van der Waals surface area contributed by atoms with Crippen LogP contribution in [0.3, 0.4) is 0 Å². The van der Waals surface area contributed by atoms with Gasteiger partial charge in [-0.2, -0.15) is 0 Å². The van der Waals surface area contributed by atoms with Crippen molar-refractivity contribution in [2.75, 3.05) is 18.5 Å². The van der Waals surface area contributed by atoms with Crippen molar-refractivity contribution in [3.63, 3.8) is 0 Å².